The molecule has 0 saturated carbocycles. The fourth-order valence-electron chi connectivity index (χ4n) is 1.57. The summed E-state index contributed by atoms with van der Waals surface area (Å²) in [6, 6.07) is 5.94. The van der Waals surface area contributed by atoms with Crippen molar-refractivity contribution in [1.82, 2.24) is 5.16 Å². The fraction of sp³-hybridized carbons (Fsp3) is 0.182. The fourth-order valence-corrected chi connectivity index (χ4v) is 1.57. The average Bonchev–Trinajstić information content (AvgIpc) is 2.61. The molecule has 16 heavy (non-hydrogen) atoms. The monoisotopic (exact) mass is 222 g/mol. The summed E-state index contributed by atoms with van der Waals surface area (Å²) < 4.78 is 17.7. The smallest absolute Gasteiger partial charge is 0.338 e. The minimum Gasteiger partial charge on any atom is -0.338 e. The SMILES string of the molecule is NCCc1c(-c2cccc(F)c2)[nH]oc1=O. The maximum atomic E-state index is 13.0. The second kappa shape index (κ2) is 4.32. The van der Waals surface area contributed by atoms with Gasteiger partial charge in [0.1, 0.15) is 5.82 Å². The largest absolute Gasteiger partial charge is 0.361 e. The quantitative estimate of drug-likeness (QED) is 0.821. The van der Waals surface area contributed by atoms with Gasteiger partial charge < -0.3 is 10.3 Å². The van der Waals surface area contributed by atoms with Crippen LogP contribution >= 0.6 is 0 Å². The van der Waals surface area contributed by atoms with Gasteiger partial charge in [-0.05, 0) is 25.1 Å². The predicted molar refractivity (Wildman–Crippen MR) is 57.5 cm³/mol. The molecule has 0 aliphatic rings. The van der Waals surface area contributed by atoms with Crippen LogP contribution in [0.25, 0.3) is 11.3 Å². The summed E-state index contributed by atoms with van der Waals surface area (Å²) in [5.41, 5.74) is 6.47. The molecule has 0 spiro atoms. The lowest BCUT2D eigenvalue weighted by atomic mass is 10.1. The summed E-state index contributed by atoms with van der Waals surface area (Å²) >= 11 is 0. The molecule has 0 unspecified atom stereocenters. The molecule has 0 radical (unpaired) electrons. The Morgan fingerprint density at radius 2 is 2.25 bits per heavy atom. The number of hydrogen-bond acceptors (Lipinski definition) is 3. The molecule has 5 heteroatoms. The highest BCUT2D eigenvalue weighted by Gasteiger charge is 2.13. The molecule has 4 nitrogen and oxygen atoms in total. The second-order valence-electron chi connectivity index (χ2n) is 3.39. The van der Waals surface area contributed by atoms with Crippen LogP contribution in [-0.4, -0.2) is 11.7 Å². The zero-order chi connectivity index (χ0) is 11.5. The molecule has 1 heterocycles. The molecule has 0 amide bonds. The van der Waals surface area contributed by atoms with Crippen molar-refractivity contribution < 1.29 is 8.91 Å². The van der Waals surface area contributed by atoms with E-state index in [0.29, 0.717) is 29.8 Å². The Labute approximate surface area is 90.9 Å². The van der Waals surface area contributed by atoms with E-state index in [0.717, 1.165) is 0 Å². The Morgan fingerprint density at radius 3 is 2.94 bits per heavy atom. The van der Waals surface area contributed by atoms with Crippen molar-refractivity contribution in [1.29, 1.82) is 0 Å². The molecular formula is C11H11FN2O2. The topological polar surface area (TPSA) is 72.0 Å². The minimum atomic E-state index is -0.454. The molecular weight excluding hydrogens is 211 g/mol. The third-order valence-corrected chi connectivity index (χ3v) is 2.30. The van der Waals surface area contributed by atoms with Crippen LogP contribution in [0.1, 0.15) is 5.56 Å². The van der Waals surface area contributed by atoms with E-state index in [1.165, 1.54) is 12.1 Å². The Hall–Kier alpha value is -1.88. The number of benzene rings is 1. The first kappa shape index (κ1) is 10.6. The van der Waals surface area contributed by atoms with Crippen molar-refractivity contribution in [3.63, 3.8) is 0 Å². The highest BCUT2D eigenvalue weighted by Crippen LogP contribution is 2.20. The zero-order valence-electron chi connectivity index (χ0n) is 8.50. The summed E-state index contributed by atoms with van der Waals surface area (Å²) in [5.74, 6) is -0.363. The van der Waals surface area contributed by atoms with Gasteiger partial charge in [0.15, 0.2) is 0 Å². The first-order valence-electron chi connectivity index (χ1n) is 4.88. The molecule has 0 saturated heterocycles. The van der Waals surface area contributed by atoms with Crippen LogP contribution in [0.2, 0.25) is 0 Å². The number of hydrogen-bond donors (Lipinski definition) is 2. The number of nitrogens with two attached hydrogens (primary N) is 1. The van der Waals surface area contributed by atoms with Gasteiger partial charge >= 0.3 is 5.63 Å². The van der Waals surface area contributed by atoms with E-state index < -0.39 is 5.63 Å². The number of aromatic nitrogens is 1. The summed E-state index contributed by atoms with van der Waals surface area (Å²) in [7, 11) is 0. The van der Waals surface area contributed by atoms with Crippen molar-refractivity contribution in [3.8, 4) is 11.3 Å². The van der Waals surface area contributed by atoms with Crippen LogP contribution < -0.4 is 11.4 Å². The van der Waals surface area contributed by atoms with E-state index in [2.05, 4.69) is 9.68 Å². The van der Waals surface area contributed by atoms with Crippen LogP contribution in [0, 0.1) is 5.82 Å². The lowest BCUT2D eigenvalue weighted by Crippen LogP contribution is -2.10. The second-order valence-corrected chi connectivity index (χ2v) is 3.39. The molecule has 0 aliphatic heterocycles. The van der Waals surface area contributed by atoms with Crippen LogP contribution in [0.4, 0.5) is 4.39 Å². The number of halogens is 1. The Kier molecular flexibility index (Phi) is 2.87. The molecule has 0 bridgehead atoms. The van der Waals surface area contributed by atoms with Crippen molar-refractivity contribution >= 4 is 0 Å². The van der Waals surface area contributed by atoms with Crippen molar-refractivity contribution in [2.75, 3.05) is 6.54 Å². The molecule has 1 aromatic heterocycles. The summed E-state index contributed by atoms with van der Waals surface area (Å²) in [4.78, 5) is 11.3. The van der Waals surface area contributed by atoms with E-state index in [1.54, 1.807) is 12.1 Å². The van der Waals surface area contributed by atoms with E-state index in [4.69, 9.17) is 5.73 Å². The third kappa shape index (κ3) is 1.90. The van der Waals surface area contributed by atoms with Gasteiger partial charge in [-0.25, -0.2) is 14.3 Å². The van der Waals surface area contributed by atoms with E-state index in [9.17, 15) is 9.18 Å². The molecule has 1 aromatic carbocycles. The normalized spacial score (nSPS) is 10.6. The summed E-state index contributed by atoms with van der Waals surface area (Å²) in [6.07, 6.45) is 0.400. The lowest BCUT2D eigenvalue weighted by molar-refractivity contribution is 0.392. The van der Waals surface area contributed by atoms with Gasteiger partial charge in [-0.3, -0.25) is 0 Å². The van der Waals surface area contributed by atoms with Crippen molar-refractivity contribution in [3.05, 3.63) is 46.1 Å². The minimum absolute atomic E-state index is 0.338. The van der Waals surface area contributed by atoms with Gasteiger partial charge in [-0.1, -0.05) is 12.1 Å². The lowest BCUT2D eigenvalue weighted by Gasteiger charge is -2.00. The van der Waals surface area contributed by atoms with Gasteiger partial charge in [0.2, 0.25) is 0 Å². The molecule has 0 fully saturated rings. The standard InChI is InChI=1S/C11H11FN2O2/c12-8-3-1-2-7(6-8)10-9(4-5-13)11(15)16-14-10/h1-3,6,14H,4-5,13H2. The van der Waals surface area contributed by atoms with Gasteiger partial charge in [0, 0.05) is 5.56 Å². The van der Waals surface area contributed by atoms with E-state index in [-0.39, 0.29) is 5.82 Å². The zero-order valence-corrected chi connectivity index (χ0v) is 8.50. The first-order chi connectivity index (χ1) is 7.72. The molecule has 0 aliphatic carbocycles. The summed E-state index contributed by atoms with van der Waals surface area (Å²) in [6.45, 7) is 0.338. The van der Waals surface area contributed by atoms with Gasteiger partial charge in [-0.2, -0.15) is 0 Å². The van der Waals surface area contributed by atoms with Crippen LogP contribution in [0.5, 0.6) is 0 Å². The van der Waals surface area contributed by atoms with Crippen molar-refractivity contribution in [2.45, 2.75) is 6.42 Å². The van der Waals surface area contributed by atoms with E-state index in [1.807, 2.05) is 0 Å². The number of H-pyrrole nitrogens is 1. The number of aromatic amines is 1. The maximum absolute atomic E-state index is 13.0. The van der Waals surface area contributed by atoms with Crippen LogP contribution in [0.3, 0.4) is 0 Å². The van der Waals surface area contributed by atoms with E-state index >= 15 is 0 Å². The van der Waals surface area contributed by atoms with Gasteiger partial charge in [-0.15, -0.1) is 0 Å². The first-order valence-corrected chi connectivity index (χ1v) is 4.88. The summed E-state index contributed by atoms with van der Waals surface area (Å²) in [5, 5.41) is 2.49. The Bertz CT molecular complexity index is 545. The van der Waals surface area contributed by atoms with Gasteiger partial charge in [0.25, 0.3) is 0 Å². The highest BCUT2D eigenvalue weighted by molar-refractivity contribution is 5.62. The van der Waals surface area contributed by atoms with Crippen molar-refractivity contribution in [2.24, 2.45) is 5.73 Å². The molecule has 0 atom stereocenters. The maximum Gasteiger partial charge on any atom is 0.361 e. The molecule has 3 N–H and O–H groups in total. The van der Waals surface area contributed by atoms with Crippen LogP contribution in [0.15, 0.2) is 33.6 Å². The molecule has 2 rings (SSSR count). The average molecular weight is 222 g/mol. The highest BCUT2D eigenvalue weighted by atomic mass is 19.1. The predicted octanol–water partition coefficient (Wildman–Crippen LogP) is 1.28. The van der Waals surface area contributed by atoms with Crippen LogP contribution in [-0.2, 0) is 6.42 Å². The Balaban J connectivity index is 2.51. The Morgan fingerprint density at radius 1 is 1.44 bits per heavy atom. The van der Waals surface area contributed by atoms with Gasteiger partial charge in [0.05, 0.1) is 11.3 Å². The number of rotatable bonds is 3. The number of nitrogens with one attached hydrogen (secondary N) is 1. The molecule has 2 aromatic rings. The molecule has 84 valence electrons. The third-order valence-electron chi connectivity index (χ3n) is 2.30.